The molecule has 0 aromatic heterocycles. The van der Waals surface area contributed by atoms with Crippen LogP contribution in [0.25, 0.3) is 0 Å². The van der Waals surface area contributed by atoms with Gasteiger partial charge in [-0.05, 0) is 42.9 Å². The Morgan fingerprint density at radius 1 is 1.26 bits per heavy atom. The summed E-state index contributed by atoms with van der Waals surface area (Å²) in [5.74, 6) is 0.0182. The lowest BCUT2D eigenvalue weighted by Crippen LogP contribution is -2.40. The second-order valence-electron chi connectivity index (χ2n) is 6.09. The minimum Gasteiger partial charge on any atom is -0.349 e. The number of amides is 1. The monoisotopic (exact) mass is 387 g/mol. The maximum Gasteiger partial charge on any atom is 0.251 e. The summed E-state index contributed by atoms with van der Waals surface area (Å²) >= 11 is 6.83. The fraction of sp³-hybridized carbons (Fsp3) is 0.533. The van der Waals surface area contributed by atoms with Crippen molar-refractivity contribution < 1.29 is 4.79 Å². The first-order chi connectivity index (χ1) is 8.85. The molecule has 2 nitrogen and oxygen atoms in total. The summed E-state index contributed by atoms with van der Waals surface area (Å²) < 4.78 is 1.83. The van der Waals surface area contributed by atoms with Gasteiger partial charge in [0.25, 0.3) is 5.91 Å². The molecular weight excluding hydrogens is 370 g/mol. The van der Waals surface area contributed by atoms with E-state index in [-0.39, 0.29) is 5.91 Å². The van der Waals surface area contributed by atoms with Gasteiger partial charge >= 0.3 is 0 Å². The second kappa shape index (κ2) is 5.96. The quantitative estimate of drug-likeness (QED) is 0.766. The molecule has 0 radical (unpaired) electrons. The van der Waals surface area contributed by atoms with Crippen molar-refractivity contribution in [2.24, 2.45) is 5.41 Å². The largest absolute Gasteiger partial charge is 0.349 e. The van der Waals surface area contributed by atoms with E-state index in [1.807, 2.05) is 18.2 Å². The van der Waals surface area contributed by atoms with E-state index in [0.717, 1.165) is 21.8 Å². The molecule has 1 amide bonds. The molecule has 0 aliphatic heterocycles. The zero-order chi connectivity index (χ0) is 14.0. The summed E-state index contributed by atoms with van der Waals surface area (Å²) in [4.78, 5) is 12.3. The van der Waals surface area contributed by atoms with E-state index in [1.54, 1.807) is 0 Å². The van der Waals surface area contributed by atoms with Gasteiger partial charge in [-0.2, -0.15) is 0 Å². The lowest BCUT2D eigenvalue weighted by molar-refractivity contribution is 0.0902. The van der Waals surface area contributed by atoms with Crippen molar-refractivity contribution in [2.45, 2.75) is 45.6 Å². The van der Waals surface area contributed by atoms with E-state index in [0.29, 0.717) is 17.0 Å². The van der Waals surface area contributed by atoms with E-state index >= 15 is 0 Å². The minimum atomic E-state index is 0.0182. The van der Waals surface area contributed by atoms with Crippen LogP contribution in [0.3, 0.4) is 0 Å². The summed E-state index contributed by atoms with van der Waals surface area (Å²) in [6, 6.07) is 5.94. The molecule has 1 unspecified atom stereocenters. The molecule has 1 saturated carbocycles. The lowest BCUT2D eigenvalue weighted by Gasteiger charge is -2.35. The molecule has 4 heteroatoms. The van der Waals surface area contributed by atoms with Gasteiger partial charge < -0.3 is 5.32 Å². The highest BCUT2D eigenvalue weighted by Gasteiger charge is 2.28. The van der Waals surface area contributed by atoms with Crippen molar-refractivity contribution in [3.8, 4) is 0 Å². The molecular formula is C15H19Br2NO. The summed E-state index contributed by atoms with van der Waals surface area (Å²) in [5.41, 5.74) is 1.04. The molecule has 2 rings (SSSR count). The highest BCUT2D eigenvalue weighted by atomic mass is 79.9. The normalized spacial score (nSPS) is 22.0. The van der Waals surface area contributed by atoms with Crippen LogP contribution >= 0.6 is 31.9 Å². The zero-order valence-corrected chi connectivity index (χ0v) is 14.5. The number of benzene rings is 1. The van der Waals surface area contributed by atoms with Gasteiger partial charge in [-0.25, -0.2) is 0 Å². The third kappa shape index (κ3) is 4.32. The Hall–Kier alpha value is -0.350. The Bertz CT molecular complexity index is 465. The molecule has 0 saturated heterocycles. The van der Waals surface area contributed by atoms with Gasteiger partial charge in [0.2, 0.25) is 0 Å². The standard InChI is InChI=1S/C15H19Br2NO/c1-15(2)5-3-4-13(9-15)18-14(19)10-6-11(16)8-12(17)7-10/h6-8,13H,3-5,9H2,1-2H3,(H,18,19). The summed E-state index contributed by atoms with van der Waals surface area (Å²) in [6.07, 6.45) is 4.60. The average Bonchev–Trinajstić information content (AvgIpc) is 2.26. The minimum absolute atomic E-state index is 0.0182. The Morgan fingerprint density at radius 2 is 1.89 bits per heavy atom. The smallest absolute Gasteiger partial charge is 0.251 e. The summed E-state index contributed by atoms with van der Waals surface area (Å²) in [6.45, 7) is 4.56. The maximum absolute atomic E-state index is 12.3. The van der Waals surface area contributed by atoms with Crippen molar-refractivity contribution in [2.75, 3.05) is 0 Å². The van der Waals surface area contributed by atoms with Crippen molar-refractivity contribution >= 4 is 37.8 Å². The number of hydrogen-bond acceptors (Lipinski definition) is 1. The SMILES string of the molecule is CC1(C)CCCC(NC(=O)c2cc(Br)cc(Br)c2)C1. The van der Waals surface area contributed by atoms with Crippen LogP contribution in [0.1, 0.15) is 49.9 Å². The van der Waals surface area contributed by atoms with Gasteiger partial charge in [-0.15, -0.1) is 0 Å². The molecule has 0 spiro atoms. The molecule has 1 aliphatic carbocycles. The number of halogens is 2. The van der Waals surface area contributed by atoms with Crippen LogP contribution in [0.15, 0.2) is 27.1 Å². The molecule has 1 fully saturated rings. The van der Waals surface area contributed by atoms with E-state index in [9.17, 15) is 4.79 Å². The molecule has 1 aliphatic rings. The number of carbonyl (C=O) groups is 1. The van der Waals surface area contributed by atoms with Gasteiger partial charge in [0.15, 0.2) is 0 Å². The first-order valence-electron chi connectivity index (χ1n) is 6.63. The highest BCUT2D eigenvalue weighted by molar-refractivity contribution is 9.11. The van der Waals surface area contributed by atoms with Gasteiger partial charge in [-0.1, -0.05) is 52.1 Å². The van der Waals surface area contributed by atoms with Crippen molar-refractivity contribution in [1.29, 1.82) is 0 Å². The van der Waals surface area contributed by atoms with Crippen LogP contribution in [0, 0.1) is 5.41 Å². The Kier molecular flexibility index (Phi) is 4.72. The van der Waals surface area contributed by atoms with Crippen LogP contribution in [0.5, 0.6) is 0 Å². The fourth-order valence-corrected chi connectivity index (χ4v) is 4.07. The average molecular weight is 389 g/mol. The molecule has 0 bridgehead atoms. The predicted molar refractivity (Wildman–Crippen MR) is 85.3 cm³/mol. The van der Waals surface area contributed by atoms with Crippen LogP contribution in [0.2, 0.25) is 0 Å². The Labute approximate surface area is 131 Å². The second-order valence-corrected chi connectivity index (χ2v) is 7.92. The van der Waals surface area contributed by atoms with Crippen LogP contribution < -0.4 is 5.32 Å². The Morgan fingerprint density at radius 3 is 2.47 bits per heavy atom. The number of nitrogens with one attached hydrogen (secondary N) is 1. The maximum atomic E-state index is 12.3. The lowest BCUT2D eigenvalue weighted by atomic mass is 9.75. The van der Waals surface area contributed by atoms with E-state index in [2.05, 4.69) is 51.0 Å². The highest BCUT2D eigenvalue weighted by Crippen LogP contribution is 2.35. The van der Waals surface area contributed by atoms with Crippen molar-refractivity contribution in [1.82, 2.24) is 5.32 Å². The first kappa shape index (κ1) is 15.0. The van der Waals surface area contributed by atoms with Gasteiger partial charge in [0, 0.05) is 20.6 Å². The predicted octanol–water partition coefficient (Wildman–Crippen LogP) is 4.91. The van der Waals surface area contributed by atoms with Gasteiger partial charge in [0.05, 0.1) is 0 Å². The first-order valence-corrected chi connectivity index (χ1v) is 8.21. The molecule has 1 atom stereocenters. The van der Waals surface area contributed by atoms with Gasteiger partial charge in [-0.3, -0.25) is 4.79 Å². The molecule has 1 N–H and O–H groups in total. The Balaban J connectivity index is 2.04. The van der Waals surface area contributed by atoms with Crippen molar-refractivity contribution in [3.63, 3.8) is 0 Å². The van der Waals surface area contributed by atoms with E-state index in [4.69, 9.17) is 0 Å². The molecule has 0 heterocycles. The topological polar surface area (TPSA) is 29.1 Å². The van der Waals surface area contributed by atoms with Crippen LogP contribution in [0.4, 0.5) is 0 Å². The van der Waals surface area contributed by atoms with E-state index in [1.165, 1.54) is 12.8 Å². The van der Waals surface area contributed by atoms with Crippen molar-refractivity contribution in [3.05, 3.63) is 32.7 Å². The molecule has 1 aromatic rings. The van der Waals surface area contributed by atoms with E-state index < -0.39 is 0 Å². The summed E-state index contributed by atoms with van der Waals surface area (Å²) in [5, 5.41) is 3.16. The fourth-order valence-electron chi connectivity index (χ4n) is 2.78. The van der Waals surface area contributed by atoms with Crippen LogP contribution in [-0.2, 0) is 0 Å². The summed E-state index contributed by atoms with van der Waals surface area (Å²) in [7, 11) is 0. The number of rotatable bonds is 2. The van der Waals surface area contributed by atoms with Gasteiger partial charge in [0.1, 0.15) is 0 Å². The zero-order valence-electron chi connectivity index (χ0n) is 11.3. The molecule has 104 valence electrons. The van der Waals surface area contributed by atoms with Crippen LogP contribution in [-0.4, -0.2) is 11.9 Å². The molecule has 19 heavy (non-hydrogen) atoms. The number of hydrogen-bond donors (Lipinski definition) is 1. The third-order valence-electron chi connectivity index (χ3n) is 3.67. The molecule has 1 aromatic carbocycles. The third-order valence-corrected chi connectivity index (χ3v) is 4.58. The number of carbonyl (C=O) groups excluding carboxylic acids is 1.